The molecule has 98 valence electrons. The van der Waals surface area contributed by atoms with Crippen molar-refractivity contribution in [1.29, 1.82) is 0 Å². The molecule has 0 aliphatic heterocycles. The second kappa shape index (κ2) is 10.7. The van der Waals surface area contributed by atoms with Crippen LogP contribution in [-0.2, 0) is 0 Å². The van der Waals surface area contributed by atoms with Crippen LogP contribution < -0.4 is 5.32 Å². The van der Waals surface area contributed by atoms with Gasteiger partial charge in [0.25, 0.3) is 0 Å². The van der Waals surface area contributed by atoms with E-state index in [0.717, 1.165) is 0 Å². The van der Waals surface area contributed by atoms with Gasteiger partial charge in [0.1, 0.15) is 0 Å². The molecule has 0 aromatic rings. The summed E-state index contributed by atoms with van der Waals surface area (Å²) in [5, 5.41) is 3.62. The van der Waals surface area contributed by atoms with E-state index in [9.17, 15) is 0 Å². The molecule has 0 aliphatic carbocycles. The van der Waals surface area contributed by atoms with Crippen LogP contribution in [-0.4, -0.2) is 32.7 Å². The van der Waals surface area contributed by atoms with E-state index in [-0.39, 0.29) is 0 Å². The second-order valence-corrected chi connectivity index (χ2v) is 11.5. The maximum atomic E-state index is 3.62. The van der Waals surface area contributed by atoms with E-state index in [2.05, 4.69) is 44.8 Å². The lowest BCUT2D eigenvalue weighted by atomic mass is 10.6. The molecule has 0 aromatic heterocycles. The minimum absolute atomic E-state index is 0.862. The lowest BCUT2D eigenvalue weighted by Crippen LogP contribution is -2.35. The fourth-order valence-corrected chi connectivity index (χ4v) is 6.20. The standard InChI is InChI=1S/C13H31NSSi/c1-5-11-15-12-9-14-10-13-16(6-2,7-3)8-4/h14H,5-13H2,1-4H3. The van der Waals surface area contributed by atoms with Gasteiger partial charge in [0.15, 0.2) is 0 Å². The molecule has 1 N–H and O–H groups in total. The van der Waals surface area contributed by atoms with Crippen LogP contribution in [0.2, 0.25) is 24.2 Å². The molecule has 0 atom stereocenters. The summed E-state index contributed by atoms with van der Waals surface area (Å²) in [7, 11) is -0.862. The van der Waals surface area contributed by atoms with Gasteiger partial charge in [-0.1, -0.05) is 45.8 Å². The topological polar surface area (TPSA) is 12.0 Å². The molecule has 0 fully saturated rings. The Morgan fingerprint density at radius 2 is 1.50 bits per heavy atom. The van der Waals surface area contributed by atoms with Crippen molar-refractivity contribution in [3.05, 3.63) is 0 Å². The molecule has 1 nitrogen and oxygen atoms in total. The quantitative estimate of drug-likeness (QED) is 0.441. The summed E-state index contributed by atoms with van der Waals surface area (Å²) in [5.41, 5.74) is 0. The van der Waals surface area contributed by atoms with Gasteiger partial charge in [-0.05, 0) is 24.8 Å². The van der Waals surface area contributed by atoms with Gasteiger partial charge in [-0.25, -0.2) is 0 Å². The zero-order chi connectivity index (χ0) is 12.3. The lowest BCUT2D eigenvalue weighted by Gasteiger charge is -2.28. The molecule has 3 heteroatoms. The Kier molecular flexibility index (Phi) is 11.0. The molecule has 0 aromatic carbocycles. The summed E-state index contributed by atoms with van der Waals surface area (Å²) < 4.78 is 0. The highest BCUT2D eigenvalue weighted by molar-refractivity contribution is 7.99. The lowest BCUT2D eigenvalue weighted by molar-refractivity contribution is 0.755. The zero-order valence-electron chi connectivity index (χ0n) is 11.8. The van der Waals surface area contributed by atoms with E-state index in [0.29, 0.717) is 0 Å². The summed E-state index contributed by atoms with van der Waals surface area (Å²) in [6, 6.07) is 5.87. The maximum absolute atomic E-state index is 3.62. The molecule has 0 heterocycles. The van der Waals surface area contributed by atoms with Crippen LogP contribution >= 0.6 is 11.8 Å². The van der Waals surface area contributed by atoms with Gasteiger partial charge < -0.3 is 5.32 Å². The van der Waals surface area contributed by atoms with E-state index in [1.165, 1.54) is 55.2 Å². The smallest absolute Gasteiger partial charge is 0.0540 e. The van der Waals surface area contributed by atoms with Crippen LogP contribution in [0.15, 0.2) is 0 Å². The highest BCUT2D eigenvalue weighted by Crippen LogP contribution is 2.24. The van der Waals surface area contributed by atoms with Crippen molar-refractivity contribution in [3.63, 3.8) is 0 Å². The first-order chi connectivity index (χ1) is 7.74. The third kappa shape index (κ3) is 6.97. The van der Waals surface area contributed by atoms with Crippen LogP contribution in [0.1, 0.15) is 34.1 Å². The van der Waals surface area contributed by atoms with Gasteiger partial charge in [-0.15, -0.1) is 0 Å². The normalized spacial score (nSPS) is 12.0. The predicted molar refractivity (Wildman–Crippen MR) is 82.5 cm³/mol. The van der Waals surface area contributed by atoms with Crippen LogP contribution in [0.4, 0.5) is 0 Å². The summed E-state index contributed by atoms with van der Waals surface area (Å²) in [6.45, 7) is 11.9. The number of rotatable bonds is 11. The van der Waals surface area contributed by atoms with E-state index in [1.54, 1.807) is 0 Å². The van der Waals surface area contributed by atoms with Crippen LogP contribution in [0.3, 0.4) is 0 Å². The van der Waals surface area contributed by atoms with Crippen LogP contribution in [0, 0.1) is 0 Å². The third-order valence-electron chi connectivity index (χ3n) is 3.85. The summed E-state index contributed by atoms with van der Waals surface area (Å²) >= 11 is 2.08. The molecule has 16 heavy (non-hydrogen) atoms. The predicted octanol–water partition coefficient (Wildman–Crippen LogP) is 4.23. The molecule has 0 spiro atoms. The summed E-state index contributed by atoms with van der Waals surface area (Å²) in [6.07, 6.45) is 1.31. The fraction of sp³-hybridized carbons (Fsp3) is 1.00. The summed E-state index contributed by atoms with van der Waals surface area (Å²) in [4.78, 5) is 0. The molecule has 0 radical (unpaired) electrons. The number of nitrogens with one attached hydrogen (secondary N) is 1. The third-order valence-corrected chi connectivity index (χ3v) is 10.9. The molecule has 0 saturated heterocycles. The van der Waals surface area contributed by atoms with E-state index in [4.69, 9.17) is 0 Å². The van der Waals surface area contributed by atoms with Gasteiger partial charge in [-0.3, -0.25) is 0 Å². The van der Waals surface area contributed by atoms with E-state index < -0.39 is 8.07 Å². The fourth-order valence-electron chi connectivity index (χ4n) is 2.15. The number of thioether (sulfide) groups is 1. The SMILES string of the molecule is CCCSCCNCC[Si](CC)(CC)CC. The van der Waals surface area contributed by atoms with Crippen LogP contribution in [0.5, 0.6) is 0 Å². The minimum atomic E-state index is -0.862. The average molecular weight is 262 g/mol. The molecule has 0 rings (SSSR count). The molecular weight excluding hydrogens is 230 g/mol. The first kappa shape index (κ1) is 16.5. The highest BCUT2D eigenvalue weighted by atomic mass is 32.2. The molecular formula is C13H31NSSi. The maximum Gasteiger partial charge on any atom is 0.0540 e. The van der Waals surface area contributed by atoms with Crippen molar-refractivity contribution in [2.24, 2.45) is 0 Å². The molecule has 0 saturated carbocycles. The largest absolute Gasteiger partial charge is 0.316 e. The number of hydrogen-bond acceptors (Lipinski definition) is 2. The van der Waals surface area contributed by atoms with Gasteiger partial charge in [0.2, 0.25) is 0 Å². The van der Waals surface area contributed by atoms with Crippen molar-refractivity contribution < 1.29 is 0 Å². The first-order valence-electron chi connectivity index (χ1n) is 7.03. The Labute approximate surface area is 108 Å². The van der Waals surface area contributed by atoms with Crippen molar-refractivity contribution in [1.82, 2.24) is 5.32 Å². The Balaban J connectivity index is 3.48. The zero-order valence-corrected chi connectivity index (χ0v) is 13.6. The Morgan fingerprint density at radius 1 is 0.875 bits per heavy atom. The van der Waals surface area contributed by atoms with Gasteiger partial charge >= 0.3 is 0 Å². The Bertz CT molecular complexity index is 141. The number of hydrogen-bond donors (Lipinski definition) is 1. The van der Waals surface area contributed by atoms with Gasteiger partial charge in [0, 0.05) is 12.3 Å². The second-order valence-electron chi connectivity index (χ2n) is 4.67. The minimum Gasteiger partial charge on any atom is -0.316 e. The Morgan fingerprint density at radius 3 is 2.00 bits per heavy atom. The van der Waals surface area contributed by atoms with Crippen molar-refractivity contribution in [2.45, 2.75) is 58.3 Å². The first-order valence-corrected chi connectivity index (χ1v) is 11.0. The van der Waals surface area contributed by atoms with Gasteiger partial charge in [-0.2, -0.15) is 11.8 Å². The van der Waals surface area contributed by atoms with E-state index in [1.807, 2.05) is 0 Å². The molecule has 0 aliphatic rings. The molecule has 0 bridgehead atoms. The van der Waals surface area contributed by atoms with E-state index >= 15 is 0 Å². The molecule has 0 amide bonds. The van der Waals surface area contributed by atoms with Crippen LogP contribution in [0.25, 0.3) is 0 Å². The van der Waals surface area contributed by atoms with Crippen molar-refractivity contribution in [2.75, 3.05) is 24.6 Å². The van der Waals surface area contributed by atoms with Crippen molar-refractivity contribution >= 4 is 19.8 Å². The Hall–Kier alpha value is 0.527. The summed E-state index contributed by atoms with van der Waals surface area (Å²) in [5.74, 6) is 2.60. The average Bonchev–Trinajstić information content (AvgIpc) is 2.34. The molecule has 0 unspecified atom stereocenters. The monoisotopic (exact) mass is 261 g/mol. The van der Waals surface area contributed by atoms with Gasteiger partial charge in [0.05, 0.1) is 8.07 Å². The van der Waals surface area contributed by atoms with Crippen molar-refractivity contribution in [3.8, 4) is 0 Å². The highest BCUT2D eigenvalue weighted by Gasteiger charge is 2.25.